The fourth-order valence-electron chi connectivity index (χ4n) is 4.84. The number of aliphatic hydroxyl groups is 1. The number of hydrogen-bond donors (Lipinski definition) is 1. The van der Waals surface area contributed by atoms with E-state index in [4.69, 9.17) is 4.74 Å². The molecular formula is C22H31FN2O3. The van der Waals surface area contributed by atoms with Gasteiger partial charge >= 0.3 is 0 Å². The highest BCUT2D eigenvalue weighted by Crippen LogP contribution is 2.42. The van der Waals surface area contributed by atoms with Gasteiger partial charge in [0.2, 0.25) is 0 Å². The number of hydrogen-bond acceptors (Lipinski definition) is 4. The van der Waals surface area contributed by atoms with Gasteiger partial charge in [-0.1, -0.05) is 6.07 Å². The lowest BCUT2D eigenvalue weighted by molar-refractivity contribution is 0.0302. The zero-order chi connectivity index (χ0) is 19.7. The number of aliphatic hydroxyl groups excluding tert-OH is 1. The average molecular weight is 390 g/mol. The van der Waals surface area contributed by atoms with Crippen molar-refractivity contribution < 1.29 is 19.0 Å². The van der Waals surface area contributed by atoms with E-state index in [1.54, 1.807) is 19.1 Å². The van der Waals surface area contributed by atoms with Gasteiger partial charge in [0, 0.05) is 38.3 Å². The van der Waals surface area contributed by atoms with Crippen molar-refractivity contribution in [3.63, 3.8) is 0 Å². The van der Waals surface area contributed by atoms with Gasteiger partial charge in [-0.25, -0.2) is 4.39 Å². The van der Waals surface area contributed by atoms with E-state index < -0.39 is 0 Å². The lowest BCUT2D eigenvalue weighted by Crippen LogP contribution is -2.44. The molecule has 3 aliphatic rings. The third kappa shape index (κ3) is 4.24. The Balaban J connectivity index is 1.29. The first kappa shape index (κ1) is 19.8. The summed E-state index contributed by atoms with van der Waals surface area (Å²) in [4.78, 5) is 17.0. The number of halogens is 1. The summed E-state index contributed by atoms with van der Waals surface area (Å²) in [5.41, 5.74) is 1.17. The molecule has 3 saturated heterocycles. The van der Waals surface area contributed by atoms with Crippen LogP contribution in [0, 0.1) is 18.2 Å². The molecule has 154 valence electrons. The van der Waals surface area contributed by atoms with E-state index in [0.29, 0.717) is 24.2 Å². The topological polar surface area (TPSA) is 53.0 Å². The molecule has 5 nitrogen and oxygen atoms in total. The van der Waals surface area contributed by atoms with Crippen molar-refractivity contribution >= 4 is 5.91 Å². The molecule has 1 aromatic rings. The van der Waals surface area contributed by atoms with Gasteiger partial charge in [-0.3, -0.25) is 4.79 Å². The molecule has 3 fully saturated rings. The highest BCUT2D eigenvalue weighted by Gasteiger charge is 2.43. The van der Waals surface area contributed by atoms with Crippen LogP contribution in [-0.2, 0) is 4.74 Å². The van der Waals surface area contributed by atoms with Crippen LogP contribution in [0.2, 0.25) is 0 Å². The van der Waals surface area contributed by atoms with Crippen molar-refractivity contribution in [3.8, 4) is 0 Å². The number of carbonyl (C=O) groups excluding carboxylic acids is 1. The summed E-state index contributed by atoms with van der Waals surface area (Å²) in [5.74, 6) is -0.396. The first-order chi connectivity index (χ1) is 13.4. The Morgan fingerprint density at radius 2 is 1.96 bits per heavy atom. The van der Waals surface area contributed by atoms with Gasteiger partial charge in [-0.2, -0.15) is 0 Å². The number of benzene rings is 1. The van der Waals surface area contributed by atoms with E-state index in [1.165, 1.54) is 6.07 Å². The first-order valence-electron chi connectivity index (χ1n) is 10.5. The Labute approximate surface area is 166 Å². The Morgan fingerprint density at radius 1 is 1.25 bits per heavy atom. The fourth-order valence-corrected chi connectivity index (χ4v) is 4.84. The Kier molecular flexibility index (Phi) is 5.72. The van der Waals surface area contributed by atoms with Crippen LogP contribution in [0.5, 0.6) is 0 Å². The quantitative estimate of drug-likeness (QED) is 0.862. The van der Waals surface area contributed by atoms with Gasteiger partial charge in [-0.05, 0) is 62.1 Å². The molecule has 1 atom stereocenters. The predicted molar refractivity (Wildman–Crippen MR) is 105 cm³/mol. The summed E-state index contributed by atoms with van der Waals surface area (Å²) < 4.78 is 19.9. The smallest absolute Gasteiger partial charge is 0.253 e. The van der Waals surface area contributed by atoms with Gasteiger partial charge in [-0.15, -0.1) is 0 Å². The highest BCUT2D eigenvalue weighted by molar-refractivity contribution is 5.94. The number of likely N-dealkylation sites (tertiary alicyclic amines) is 2. The molecule has 1 amide bonds. The van der Waals surface area contributed by atoms with E-state index >= 15 is 0 Å². The molecule has 3 aliphatic heterocycles. The number of piperidine rings is 2. The van der Waals surface area contributed by atoms with Gasteiger partial charge < -0.3 is 19.6 Å². The van der Waals surface area contributed by atoms with E-state index in [1.807, 2.05) is 4.90 Å². The van der Waals surface area contributed by atoms with Crippen molar-refractivity contribution in [2.45, 2.75) is 51.2 Å². The molecule has 0 aliphatic carbocycles. The SMILES string of the molecule is Cc1ccc(C(=O)N2CCC3(CC2)CO[C@H](CN2CCC(O)CC2)C3)cc1F. The standard InChI is InChI=1S/C22H31FN2O3/c1-16-2-3-17(12-20(16)23)21(27)25-10-6-22(7-11-25)13-19(28-15-22)14-24-8-4-18(26)5-9-24/h2-3,12,18-19,26H,4-11,13-15H2,1H3/t19-/m0/s1. The van der Waals surface area contributed by atoms with Crippen LogP contribution >= 0.6 is 0 Å². The molecule has 0 aromatic heterocycles. The van der Waals surface area contributed by atoms with Crippen LogP contribution in [0.1, 0.15) is 48.0 Å². The minimum Gasteiger partial charge on any atom is -0.393 e. The van der Waals surface area contributed by atoms with Crippen LogP contribution in [0.3, 0.4) is 0 Å². The average Bonchev–Trinajstić information content (AvgIpc) is 3.08. The first-order valence-corrected chi connectivity index (χ1v) is 10.5. The summed E-state index contributed by atoms with van der Waals surface area (Å²) in [5, 5.41) is 9.66. The largest absolute Gasteiger partial charge is 0.393 e. The molecule has 0 unspecified atom stereocenters. The zero-order valence-electron chi connectivity index (χ0n) is 16.7. The van der Waals surface area contributed by atoms with E-state index in [9.17, 15) is 14.3 Å². The molecule has 6 heteroatoms. The summed E-state index contributed by atoms with van der Waals surface area (Å²) >= 11 is 0. The van der Waals surface area contributed by atoms with Crippen molar-refractivity contribution in [2.24, 2.45) is 5.41 Å². The maximum Gasteiger partial charge on any atom is 0.253 e. The van der Waals surface area contributed by atoms with Gasteiger partial charge in [0.05, 0.1) is 18.8 Å². The fraction of sp³-hybridized carbons (Fsp3) is 0.682. The van der Waals surface area contributed by atoms with Gasteiger partial charge in [0.15, 0.2) is 0 Å². The summed E-state index contributed by atoms with van der Waals surface area (Å²) in [6.07, 6.45) is 4.76. The number of aryl methyl sites for hydroxylation is 1. The number of rotatable bonds is 3. The van der Waals surface area contributed by atoms with Crippen molar-refractivity contribution in [2.75, 3.05) is 39.3 Å². The third-order valence-electron chi connectivity index (χ3n) is 6.83. The second kappa shape index (κ2) is 8.09. The molecule has 1 N–H and O–H groups in total. The Bertz CT molecular complexity index is 710. The predicted octanol–water partition coefficient (Wildman–Crippen LogP) is 2.60. The molecule has 3 heterocycles. The lowest BCUT2D eigenvalue weighted by Gasteiger charge is -2.38. The summed E-state index contributed by atoms with van der Waals surface area (Å²) in [6, 6.07) is 4.74. The van der Waals surface area contributed by atoms with E-state index in [-0.39, 0.29) is 29.3 Å². The van der Waals surface area contributed by atoms with Crippen molar-refractivity contribution in [3.05, 3.63) is 35.1 Å². The van der Waals surface area contributed by atoms with Gasteiger partial charge in [0.25, 0.3) is 5.91 Å². The second-order valence-corrected chi connectivity index (χ2v) is 8.93. The number of carbonyl (C=O) groups is 1. The summed E-state index contributed by atoms with van der Waals surface area (Å²) in [6.45, 7) is 6.74. The Hall–Kier alpha value is -1.50. The van der Waals surface area contributed by atoms with E-state index in [0.717, 1.165) is 58.3 Å². The number of amides is 1. The van der Waals surface area contributed by atoms with Crippen molar-refractivity contribution in [1.82, 2.24) is 9.80 Å². The van der Waals surface area contributed by atoms with Crippen LogP contribution in [-0.4, -0.2) is 72.4 Å². The van der Waals surface area contributed by atoms with Crippen LogP contribution in [0.25, 0.3) is 0 Å². The number of ether oxygens (including phenoxy) is 1. The van der Waals surface area contributed by atoms with Crippen LogP contribution in [0.4, 0.5) is 4.39 Å². The second-order valence-electron chi connectivity index (χ2n) is 8.93. The summed E-state index contributed by atoms with van der Waals surface area (Å²) in [7, 11) is 0. The van der Waals surface area contributed by atoms with Gasteiger partial charge in [0.1, 0.15) is 5.82 Å². The minimum atomic E-state index is -0.323. The molecule has 0 bridgehead atoms. The maximum atomic E-state index is 13.8. The molecule has 0 radical (unpaired) electrons. The minimum absolute atomic E-state index is 0.0731. The maximum absolute atomic E-state index is 13.8. The molecule has 1 aromatic carbocycles. The van der Waals surface area contributed by atoms with Crippen LogP contribution in [0.15, 0.2) is 18.2 Å². The lowest BCUT2D eigenvalue weighted by atomic mass is 9.76. The highest BCUT2D eigenvalue weighted by atomic mass is 19.1. The van der Waals surface area contributed by atoms with E-state index in [2.05, 4.69) is 4.90 Å². The molecule has 1 spiro atoms. The molecule has 28 heavy (non-hydrogen) atoms. The molecule has 4 rings (SSSR count). The van der Waals surface area contributed by atoms with Crippen molar-refractivity contribution in [1.29, 1.82) is 0 Å². The number of nitrogens with zero attached hydrogens (tertiary/aromatic N) is 2. The Morgan fingerprint density at radius 3 is 2.64 bits per heavy atom. The monoisotopic (exact) mass is 390 g/mol. The normalized spacial score (nSPS) is 26.1. The molecular weight excluding hydrogens is 359 g/mol. The van der Waals surface area contributed by atoms with Crippen LogP contribution < -0.4 is 0 Å². The molecule has 0 saturated carbocycles. The third-order valence-corrected chi connectivity index (χ3v) is 6.83. The zero-order valence-corrected chi connectivity index (χ0v) is 16.7.